The van der Waals surface area contributed by atoms with Crippen LogP contribution in [0.15, 0.2) is 24.3 Å². The van der Waals surface area contributed by atoms with Crippen molar-refractivity contribution in [3.8, 4) is 5.75 Å². The molecule has 1 aromatic heterocycles. The Hall–Kier alpha value is -2.14. The molecule has 1 heterocycles. The lowest BCUT2D eigenvalue weighted by Gasteiger charge is -2.10. The molecule has 23 heavy (non-hydrogen) atoms. The van der Waals surface area contributed by atoms with Gasteiger partial charge in [-0.3, -0.25) is 9.78 Å². The van der Waals surface area contributed by atoms with E-state index >= 15 is 0 Å². The maximum absolute atomic E-state index is 12.3. The van der Waals surface area contributed by atoms with Gasteiger partial charge in [0, 0.05) is 24.6 Å². The third-order valence-corrected chi connectivity index (χ3v) is 3.52. The topological polar surface area (TPSA) is 60.5 Å². The van der Waals surface area contributed by atoms with E-state index in [0.717, 1.165) is 23.1 Å². The van der Waals surface area contributed by atoms with Gasteiger partial charge in [-0.05, 0) is 45.4 Å². The highest BCUT2D eigenvalue weighted by Crippen LogP contribution is 2.21. The van der Waals surface area contributed by atoms with Gasteiger partial charge in [-0.2, -0.15) is 0 Å². The molecule has 1 amide bonds. The Bertz CT molecular complexity index is 683. The van der Waals surface area contributed by atoms with Crippen LogP contribution in [0, 0.1) is 6.92 Å². The van der Waals surface area contributed by atoms with Crippen molar-refractivity contribution < 1.29 is 14.3 Å². The predicted octanol–water partition coefficient (Wildman–Crippen LogP) is 3.10. The summed E-state index contributed by atoms with van der Waals surface area (Å²) in [6, 6.07) is 7.52. The zero-order chi connectivity index (χ0) is 16.8. The maximum atomic E-state index is 12.3. The molecule has 0 aliphatic carbocycles. The van der Waals surface area contributed by atoms with Crippen LogP contribution in [0.5, 0.6) is 5.75 Å². The number of carbonyl (C=O) groups is 1. The van der Waals surface area contributed by atoms with E-state index < -0.39 is 0 Å². The molecule has 5 nitrogen and oxygen atoms in total. The molecule has 0 unspecified atom stereocenters. The van der Waals surface area contributed by atoms with E-state index in [1.54, 1.807) is 7.11 Å². The molecule has 0 saturated heterocycles. The molecule has 0 aliphatic rings. The number of ether oxygens (including phenoxy) is 2. The quantitative estimate of drug-likeness (QED) is 0.797. The number of fused-ring (bicyclic) bond motifs is 1. The lowest BCUT2D eigenvalue weighted by Crippen LogP contribution is -2.26. The second-order valence-corrected chi connectivity index (χ2v) is 5.71. The first-order valence-corrected chi connectivity index (χ1v) is 7.86. The Morgan fingerprint density at radius 2 is 2.09 bits per heavy atom. The monoisotopic (exact) mass is 316 g/mol. The van der Waals surface area contributed by atoms with E-state index in [-0.39, 0.29) is 12.0 Å². The third kappa shape index (κ3) is 4.66. The Kier molecular flexibility index (Phi) is 5.93. The number of benzene rings is 1. The summed E-state index contributed by atoms with van der Waals surface area (Å²) >= 11 is 0. The molecule has 0 aliphatic heterocycles. The van der Waals surface area contributed by atoms with Crippen molar-refractivity contribution in [3.05, 3.63) is 35.5 Å². The lowest BCUT2D eigenvalue weighted by atomic mass is 10.1. The zero-order valence-corrected chi connectivity index (χ0v) is 14.2. The standard InChI is InChI=1S/C18H24N2O3/c1-12(2)23-9-5-8-19-18(21)16-10-14-6-7-15(22-4)11-17(14)20-13(16)3/h6-7,10-12H,5,8-9H2,1-4H3,(H,19,21). The number of amides is 1. The molecular weight excluding hydrogens is 292 g/mol. The Morgan fingerprint density at radius 3 is 2.78 bits per heavy atom. The number of pyridine rings is 1. The molecule has 0 radical (unpaired) electrons. The van der Waals surface area contributed by atoms with E-state index in [1.165, 1.54) is 0 Å². The Morgan fingerprint density at radius 1 is 1.30 bits per heavy atom. The minimum atomic E-state index is -0.0998. The molecule has 0 bridgehead atoms. The van der Waals surface area contributed by atoms with Gasteiger partial charge in [-0.1, -0.05) is 0 Å². The van der Waals surface area contributed by atoms with Gasteiger partial charge in [0.25, 0.3) is 5.91 Å². The molecule has 2 aromatic rings. The van der Waals surface area contributed by atoms with Crippen LogP contribution in [0.3, 0.4) is 0 Å². The van der Waals surface area contributed by atoms with Crippen LogP contribution < -0.4 is 10.1 Å². The van der Waals surface area contributed by atoms with Crippen molar-refractivity contribution in [2.24, 2.45) is 0 Å². The molecule has 124 valence electrons. The lowest BCUT2D eigenvalue weighted by molar-refractivity contribution is 0.0757. The SMILES string of the molecule is COc1ccc2cc(C(=O)NCCCOC(C)C)c(C)nc2c1. The second kappa shape index (κ2) is 7.92. The number of hydrogen-bond donors (Lipinski definition) is 1. The molecule has 0 spiro atoms. The number of aromatic nitrogens is 1. The van der Waals surface area contributed by atoms with Crippen LogP contribution in [-0.4, -0.2) is 37.3 Å². The second-order valence-electron chi connectivity index (χ2n) is 5.71. The van der Waals surface area contributed by atoms with Crippen molar-refractivity contribution in [2.75, 3.05) is 20.3 Å². The Labute approximate surface area is 137 Å². The van der Waals surface area contributed by atoms with Gasteiger partial charge in [0.05, 0.1) is 30.0 Å². The van der Waals surface area contributed by atoms with Crippen LogP contribution in [0.1, 0.15) is 36.3 Å². The van der Waals surface area contributed by atoms with Crippen LogP contribution in [0.25, 0.3) is 10.9 Å². The summed E-state index contributed by atoms with van der Waals surface area (Å²) in [5.41, 5.74) is 2.14. The molecular formula is C18H24N2O3. The van der Waals surface area contributed by atoms with Crippen molar-refractivity contribution in [1.82, 2.24) is 10.3 Å². The van der Waals surface area contributed by atoms with Gasteiger partial charge in [-0.15, -0.1) is 0 Å². The molecule has 2 rings (SSSR count). The molecule has 1 N–H and O–H groups in total. The van der Waals surface area contributed by atoms with Crippen molar-refractivity contribution in [1.29, 1.82) is 0 Å². The number of rotatable bonds is 7. The fourth-order valence-corrected chi connectivity index (χ4v) is 2.29. The van der Waals surface area contributed by atoms with Crippen molar-refractivity contribution in [3.63, 3.8) is 0 Å². The van der Waals surface area contributed by atoms with Crippen LogP contribution in [0.4, 0.5) is 0 Å². The zero-order valence-electron chi connectivity index (χ0n) is 14.2. The van der Waals surface area contributed by atoms with Crippen LogP contribution in [-0.2, 0) is 4.74 Å². The van der Waals surface area contributed by atoms with Gasteiger partial charge >= 0.3 is 0 Å². The maximum Gasteiger partial charge on any atom is 0.253 e. The summed E-state index contributed by atoms with van der Waals surface area (Å²) in [5.74, 6) is 0.656. The fraction of sp³-hybridized carbons (Fsp3) is 0.444. The number of carbonyl (C=O) groups excluding carboxylic acids is 1. The van der Waals surface area contributed by atoms with E-state index in [1.807, 2.05) is 45.0 Å². The minimum Gasteiger partial charge on any atom is -0.497 e. The first kappa shape index (κ1) is 17.2. The predicted molar refractivity (Wildman–Crippen MR) is 91.1 cm³/mol. The van der Waals surface area contributed by atoms with Crippen LogP contribution in [0.2, 0.25) is 0 Å². The summed E-state index contributed by atoms with van der Waals surface area (Å²) in [6.45, 7) is 7.07. The summed E-state index contributed by atoms with van der Waals surface area (Å²) in [7, 11) is 1.62. The number of hydrogen-bond acceptors (Lipinski definition) is 4. The number of nitrogens with zero attached hydrogens (tertiary/aromatic N) is 1. The average Bonchev–Trinajstić information content (AvgIpc) is 2.52. The summed E-state index contributed by atoms with van der Waals surface area (Å²) in [4.78, 5) is 16.8. The van der Waals surface area contributed by atoms with Crippen molar-refractivity contribution in [2.45, 2.75) is 33.3 Å². The summed E-state index contributed by atoms with van der Waals surface area (Å²) in [5, 5.41) is 3.84. The first-order chi connectivity index (χ1) is 11.0. The molecule has 0 atom stereocenters. The van der Waals surface area contributed by atoms with Gasteiger partial charge in [-0.25, -0.2) is 0 Å². The van der Waals surface area contributed by atoms with Gasteiger partial charge in [0.2, 0.25) is 0 Å². The highest BCUT2D eigenvalue weighted by atomic mass is 16.5. The van der Waals surface area contributed by atoms with Gasteiger partial charge in [0.1, 0.15) is 5.75 Å². The van der Waals surface area contributed by atoms with Crippen LogP contribution >= 0.6 is 0 Å². The normalized spacial score (nSPS) is 11.0. The Balaban J connectivity index is 2.04. The highest BCUT2D eigenvalue weighted by Gasteiger charge is 2.11. The number of methoxy groups -OCH3 is 1. The van der Waals surface area contributed by atoms with Gasteiger partial charge in [0.15, 0.2) is 0 Å². The van der Waals surface area contributed by atoms with Crippen molar-refractivity contribution >= 4 is 16.8 Å². The largest absolute Gasteiger partial charge is 0.497 e. The average molecular weight is 316 g/mol. The van der Waals surface area contributed by atoms with E-state index in [4.69, 9.17) is 9.47 Å². The van der Waals surface area contributed by atoms with E-state index in [0.29, 0.717) is 24.4 Å². The smallest absolute Gasteiger partial charge is 0.253 e. The minimum absolute atomic E-state index is 0.0998. The molecule has 5 heteroatoms. The highest BCUT2D eigenvalue weighted by molar-refractivity contribution is 5.98. The summed E-state index contributed by atoms with van der Waals surface area (Å²) < 4.78 is 10.7. The molecule has 1 aromatic carbocycles. The summed E-state index contributed by atoms with van der Waals surface area (Å²) in [6.07, 6.45) is 1.01. The van der Waals surface area contributed by atoms with Gasteiger partial charge < -0.3 is 14.8 Å². The fourth-order valence-electron chi connectivity index (χ4n) is 2.29. The third-order valence-electron chi connectivity index (χ3n) is 3.52. The first-order valence-electron chi connectivity index (χ1n) is 7.86. The van der Waals surface area contributed by atoms with E-state index in [2.05, 4.69) is 10.3 Å². The number of aryl methyl sites for hydroxylation is 1. The van der Waals surface area contributed by atoms with E-state index in [9.17, 15) is 4.79 Å². The molecule has 0 fully saturated rings. The number of nitrogens with one attached hydrogen (secondary N) is 1. The molecule has 0 saturated carbocycles.